The van der Waals surface area contributed by atoms with Crippen molar-refractivity contribution in [3.8, 4) is 0 Å². The van der Waals surface area contributed by atoms with E-state index in [4.69, 9.17) is 4.98 Å². The third-order valence-corrected chi connectivity index (χ3v) is 7.04. The average Bonchev–Trinajstić information content (AvgIpc) is 3.46. The Kier molecular flexibility index (Phi) is 5.14. The zero-order valence-corrected chi connectivity index (χ0v) is 18.1. The smallest absolute Gasteiger partial charge is 0.277 e. The van der Waals surface area contributed by atoms with E-state index in [1.54, 1.807) is 4.52 Å². The lowest BCUT2D eigenvalue weighted by molar-refractivity contribution is -0.132. The second-order valence-corrected chi connectivity index (χ2v) is 9.39. The molecule has 2 aromatic heterocycles. The summed E-state index contributed by atoms with van der Waals surface area (Å²) in [6.45, 7) is 2.87. The SMILES string of the molecule is CN(C)CC(=O)N1CCC[C@H]1c1cc2nc3c(c(=O)n2[nH]1)CN(C1CCCC1)CC3. The molecule has 1 aliphatic carbocycles. The van der Waals surface area contributed by atoms with Crippen molar-refractivity contribution in [3.63, 3.8) is 0 Å². The Hall–Kier alpha value is -2.19. The van der Waals surface area contributed by atoms with Crippen LogP contribution in [0.5, 0.6) is 0 Å². The highest BCUT2D eigenvalue weighted by atomic mass is 16.2. The Bertz CT molecular complexity index is 1000. The summed E-state index contributed by atoms with van der Waals surface area (Å²) in [5.74, 6) is 0.132. The zero-order valence-electron chi connectivity index (χ0n) is 18.1. The van der Waals surface area contributed by atoms with Crippen LogP contribution in [0.2, 0.25) is 0 Å². The van der Waals surface area contributed by atoms with Crippen LogP contribution < -0.4 is 5.56 Å². The Labute approximate surface area is 176 Å². The van der Waals surface area contributed by atoms with Crippen LogP contribution in [0.3, 0.4) is 0 Å². The fourth-order valence-electron chi connectivity index (χ4n) is 5.52. The number of carbonyl (C=O) groups is 1. The highest BCUT2D eigenvalue weighted by molar-refractivity contribution is 5.79. The number of aromatic nitrogens is 3. The van der Waals surface area contributed by atoms with E-state index in [-0.39, 0.29) is 17.5 Å². The van der Waals surface area contributed by atoms with Crippen LogP contribution in [0.25, 0.3) is 5.65 Å². The number of H-pyrrole nitrogens is 1. The van der Waals surface area contributed by atoms with Crippen LogP contribution in [-0.2, 0) is 17.8 Å². The summed E-state index contributed by atoms with van der Waals surface area (Å²) >= 11 is 0. The number of likely N-dealkylation sites (tertiary alicyclic amines) is 1. The number of hydrogen-bond donors (Lipinski definition) is 1. The van der Waals surface area contributed by atoms with Gasteiger partial charge < -0.3 is 9.80 Å². The minimum Gasteiger partial charge on any atom is -0.333 e. The number of amides is 1. The molecule has 4 heterocycles. The lowest BCUT2D eigenvalue weighted by Gasteiger charge is -2.32. The summed E-state index contributed by atoms with van der Waals surface area (Å²) in [5.41, 5.74) is 3.40. The number of carbonyl (C=O) groups excluding carboxylic acids is 1. The molecular formula is C22H32N6O2. The Morgan fingerprint density at radius 3 is 2.77 bits per heavy atom. The third-order valence-electron chi connectivity index (χ3n) is 7.04. The zero-order chi connectivity index (χ0) is 20.8. The first-order chi connectivity index (χ1) is 14.5. The summed E-state index contributed by atoms with van der Waals surface area (Å²) in [4.78, 5) is 37.1. The molecule has 2 aromatic rings. The van der Waals surface area contributed by atoms with Crippen LogP contribution in [0.1, 0.15) is 61.5 Å². The first-order valence-electron chi connectivity index (χ1n) is 11.3. The maximum Gasteiger partial charge on any atom is 0.277 e. The van der Waals surface area contributed by atoms with Gasteiger partial charge in [0.2, 0.25) is 5.91 Å². The molecule has 0 aromatic carbocycles. The molecule has 0 radical (unpaired) electrons. The van der Waals surface area contributed by atoms with Crippen molar-refractivity contribution in [1.29, 1.82) is 0 Å². The summed E-state index contributed by atoms with van der Waals surface area (Å²) in [6, 6.07) is 2.58. The Morgan fingerprint density at radius 2 is 2.00 bits per heavy atom. The molecule has 1 saturated carbocycles. The summed E-state index contributed by atoms with van der Waals surface area (Å²) in [7, 11) is 3.82. The fourth-order valence-corrected chi connectivity index (χ4v) is 5.52. The van der Waals surface area contributed by atoms with Gasteiger partial charge in [-0.3, -0.25) is 19.6 Å². The van der Waals surface area contributed by atoms with Gasteiger partial charge in [0.15, 0.2) is 5.65 Å². The van der Waals surface area contributed by atoms with Crippen molar-refractivity contribution in [3.05, 3.63) is 33.4 Å². The molecule has 162 valence electrons. The third kappa shape index (κ3) is 3.46. The molecule has 5 rings (SSSR count). The van der Waals surface area contributed by atoms with Gasteiger partial charge in [-0.1, -0.05) is 12.8 Å². The molecule has 0 bridgehead atoms. The molecule has 0 unspecified atom stereocenters. The quantitative estimate of drug-likeness (QED) is 0.825. The van der Waals surface area contributed by atoms with Gasteiger partial charge in [0.25, 0.3) is 5.56 Å². The Morgan fingerprint density at radius 1 is 1.20 bits per heavy atom. The summed E-state index contributed by atoms with van der Waals surface area (Å²) in [5, 5.41) is 3.29. The number of nitrogens with zero attached hydrogens (tertiary/aromatic N) is 5. The largest absolute Gasteiger partial charge is 0.333 e. The molecule has 1 amide bonds. The van der Waals surface area contributed by atoms with Gasteiger partial charge >= 0.3 is 0 Å². The van der Waals surface area contributed by atoms with E-state index in [0.29, 0.717) is 24.8 Å². The first-order valence-corrected chi connectivity index (χ1v) is 11.3. The van der Waals surface area contributed by atoms with E-state index >= 15 is 0 Å². The highest BCUT2D eigenvalue weighted by Gasteiger charge is 2.33. The number of rotatable bonds is 4. The Balaban J connectivity index is 1.44. The maximum absolute atomic E-state index is 13.3. The lowest BCUT2D eigenvalue weighted by atomic mass is 10.0. The molecule has 0 spiro atoms. The van der Waals surface area contributed by atoms with Crippen molar-refractivity contribution < 1.29 is 4.79 Å². The highest BCUT2D eigenvalue weighted by Crippen LogP contribution is 2.32. The van der Waals surface area contributed by atoms with Gasteiger partial charge in [0, 0.05) is 38.2 Å². The molecule has 8 heteroatoms. The van der Waals surface area contributed by atoms with Crippen LogP contribution in [0.15, 0.2) is 10.9 Å². The second-order valence-electron chi connectivity index (χ2n) is 9.39. The van der Waals surface area contributed by atoms with Crippen molar-refractivity contribution in [1.82, 2.24) is 29.3 Å². The van der Waals surface area contributed by atoms with Crippen molar-refractivity contribution in [2.24, 2.45) is 0 Å². The van der Waals surface area contributed by atoms with Crippen LogP contribution in [0, 0.1) is 0 Å². The van der Waals surface area contributed by atoms with Crippen LogP contribution in [0.4, 0.5) is 0 Å². The summed E-state index contributed by atoms with van der Waals surface area (Å²) in [6.07, 6.45) is 7.83. The minimum atomic E-state index is -0.00874. The number of fused-ring (bicyclic) bond motifs is 2. The van der Waals surface area contributed by atoms with Crippen molar-refractivity contribution in [2.45, 2.75) is 63.6 Å². The molecular weight excluding hydrogens is 380 g/mol. The number of likely N-dealkylation sites (N-methyl/N-ethyl adjacent to an activating group) is 1. The van der Waals surface area contributed by atoms with E-state index in [1.165, 1.54) is 25.7 Å². The average molecular weight is 413 g/mol. The van der Waals surface area contributed by atoms with E-state index in [2.05, 4.69) is 10.00 Å². The standard InChI is InChI=1S/C22H32N6O2/c1-25(2)14-21(29)27-10-5-8-19(27)18-12-20-23-17-9-11-26(15-6-3-4-7-15)13-16(17)22(30)28(20)24-18/h12,15,19,24H,3-11,13-14H2,1-2H3/t19-/m0/s1. The molecule has 2 aliphatic heterocycles. The minimum absolute atomic E-state index is 0.00874. The van der Waals surface area contributed by atoms with Gasteiger partial charge in [-0.15, -0.1) is 0 Å². The number of hydrogen-bond acceptors (Lipinski definition) is 5. The molecule has 1 atom stereocenters. The predicted octanol–water partition coefficient (Wildman–Crippen LogP) is 1.55. The van der Waals surface area contributed by atoms with Gasteiger partial charge in [-0.05, 0) is 39.8 Å². The maximum atomic E-state index is 13.3. The molecule has 3 aliphatic rings. The van der Waals surface area contributed by atoms with Gasteiger partial charge in [0.1, 0.15) is 0 Å². The molecule has 30 heavy (non-hydrogen) atoms. The van der Waals surface area contributed by atoms with Crippen molar-refractivity contribution >= 4 is 11.6 Å². The van der Waals surface area contributed by atoms with Gasteiger partial charge in [-0.25, -0.2) is 9.50 Å². The predicted molar refractivity (Wildman–Crippen MR) is 114 cm³/mol. The molecule has 1 saturated heterocycles. The lowest BCUT2D eigenvalue weighted by Crippen LogP contribution is -2.41. The van der Waals surface area contributed by atoms with Gasteiger partial charge in [-0.2, -0.15) is 0 Å². The van der Waals surface area contributed by atoms with E-state index in [9.17, 15) is 9.59 Å². The molecule has 8 nitrogen and oxygen atoms in total. The van der Waals surface area contributed by atoms with Gasteiger partial charge in [0.05, 0.1) is 29.5 Å². The number of aromatic amines is 1. The van der Waals surface area contributed by atoms with E-state index in [1.807, 2.05) is 30.0 Å². The fraction of sp³-hybridized carbons (Fsp3) is 0.682. The molecule has 1 N–H and O–H groups in total. The van der Waals surface area contributed by atoms with E-state index < -0.39 is 0 Å². The summed E-state index contributed by atoms with van der Waals surface area (Å²) < 4.78 is 1.60. The normalized spacial score (nSPS) is 23.0. The van der Waals surface area contributed by atoms with Crippen molar-refractivity contribution in [2.75, 3.05) is 33.7 Å². The first kappa shape index (κ1) is 19.8. The topological polar surface area (TPSA) is 77.0 Å². The number of nitrogens with one attached hydrogen (secondary N) is 1. The van der Waals surface area contributed by atoms with Crippen LogP contribution >= 0.6 is 0 Å². The van der Waals surface area contributed by atoms with Crippen LogP contribution in [-0.4, -0.2) is 75.0 Å². The molecule has 2 fully saturated rings. The monoisotopic (exact) mass is 412 g/mol. The van der Waals surface area contributed by atoms with E-state index in [0.717, 1.165) is 49.3 Å². The second kappa shape index (κ2) is 7.81.